The van der Waals surface area contributed by atoms with E-state index in [2.05, 4.69) is 26.0 Å². The van der Waals surface area contributed by atoms with E-state index >= 15 is 0 Å². The molecule has 1 rings (SSSR count). The fourth-order valence-electron chi connectivity index (χ4n) is 1.18. The molecule has 0 aliphatic rings. The smallest absolute Gasteiger partial charge is 0.387 e. The highest BCUT2D eigenvalue weighted by Crippen LogP contribution is 2.38. The molecule has 1 N–H and O–H groups in total. The lowest BCUT2D eigenvalue weighted by Crippen LogP contribution is -2.24. The van der Waals surface area contributed by atoms with Crippen LogP contribution >= 0.6 is 27.5 Å². The first-order chi connectivity index (χ1) is 8.31. The predicted octanol–water partition coefficient (Wildman–Crippen LogP) is 4.77. The maximum atomic E-state index is 12.4. The minimum Gasteiger partial charge on any atom is -0.431 e. The van der Waals surface area contributed by atoms with Crippen LogP contribution in [-0.4, -0.2) is 19.1 Å². The van der Waals surface area contributed by atoms with Crippen molar-refractivity contribution >= 4 is 33.2 Å². The van der Waals surface area contributed by atoms with Crippen molar-refractivity contribution in [1.82, 2.24) is 0 Å². The zero-order valence-corrected chi connectivity index (χ0v) is 11.4. The van der Waals surface area contributed by atoms with E-state index in [-0.39, 0.29) is 20.9 Å². The molecule has 0 aliphatic carbocycles. The molecule has 0 heterocycles. The number of halogens is 6. The minimum atomic E-state index is -3.06. The number of alkyl halides is 4. The zero-order chi connectivity index (χ0) is 13.9. The maximum absolute atomic E-state index is 12.4. The fourth-order valence-corrected chi connectivity index (χ4v) is 2.09. The summed E-state index contributed by atoms with van der Waals surface area (Å²) >= 11 is 8.70. The molecule has 0 fully saturated rings. The zero-order valence-electron chi connectivity index (χ0n) is 9.06. The van der Waals surface area contributed by atoms with Crippen molar-refractivity contribution in [2.45, 2.75) is 26.0 Å². The normalized spacial score (nSPS) is 12.9. The van der Waals surface area contributed by atoms with Crippen LogP contribution in [0.5, 0.6) is 5.75 Å². The van der Waals surface area contributed by atoms with Crippen molar-refractivity contribution in [2.75, 3.05) is 5.32 Å². The van der Waals surface area contributed by atoms with Crippen molar-refractivity contribution in [3.8, 4) is 5.75 Å². The van der Waals surface area contributed by atoms with E-state index in [1.54, 1.807) is 0 Å². The van der Waals surface area contributed by atoms with Gasteiger partial charge in [-0.15, -0.1) is 0 Å². The molecule has 8 heteroatoms. The second kappa shape index (κ2) is 6.47. The lowest BCUT2D eigenvalue weighted by molar-refractivity contribution is -0.0499. The van der Waals surface area contributed by atoms with E-state index in [4.69, 9.17) is 11.6 Å². The molecule has 0 bridgehead atoms. The first kappa shape index (κ1) is 15.4. The third-order valence-electron chi connectivity index (χ3n) is 1.98. The Kier molecular flexibility index (Phi) is 5.52. The molecule has 0 saturated carbocycles. The summed E-state index contributed by atoms with van der Waals surface area (Å²) in [6.45, 7) is -1.85. The Morgan fingerprint density at radius 2 is 1.89 bits per heavy atom. The highest BCUT2D eigenvalue weighted by Gasteiger charge is 2.20. The monoisotopic (exact) mass is 349 g/mol. The van der Waals surface area contributed by atoms with E-state index in [0.29, 0.717) is 0 Å². The molecule has 0 aromatic heterocycles. The highest BCUT2D eigenvalue weighted by atomic mass is 79.9. The lowest BCUT2D eigenvalue weighted by Gasteiger charge is -2.18. The second-order valence-corrected chi connectivity index (χ2v) is 4.70. The van der Waals surface area contributed by atoms with Gasteiger partial charge in [0.1, 0.15) is 0 Å². The Bertz CT molecular complexity index is 419. The first-order valence-electron chi connectivity index (χ1n) is 4.79. The van der Waals surface area contributed by atoms with Gasteiger partial charge in [0.2, 0.25) is 0 Å². The van der Waals surface area contributed by atoms with Gasteiger partial charge in [0.05, 0.1) is 16.2 Å². The number of nitrogens with one attached hydrogen (secondary N) is 1. The van der Waals surface area contributed by atoms with Gasteiger partial charge >= 0.3 is 6.61 Å². The van der Waals surface area contributed by atoms with Crippen LogP contribution in [0.1, 0.15) is 6.92 Å². The third-order valence-corrected chi connectivity index (χ3v) is 2.78. The van der Waals surface area contributed by atoms with Gasteiger partial charge in [-0.25, -0.2) is 8.78 Å². The quantitative estimate of drug-likeness (QED) is 0.773. The van der Waals surface area contributed by atoms with Gasteiger partial charge in [0.15, 0.2) is 5.75 Å². The number of rotatable bonds is 5. The van der Waals surface area contributed by atoms with Gasteiger partial charge in [-0.1, -0.05) is 11.6 Å². The number of ether oxygens (including phenoxy) is 1. The molecule has 102 valence electrons. The summed E-state index contributed by atoms with van der Waals surface area (Å²) in [5, 5.41) is 2.58. The second-order valence-electron chi connectivity index (χ2n) is 3.41. The molecule has 1 aromatic carbocycles. The molecule has 0 spiro atoms. The Morgan fingerprint density at radius 1 is 1.28 bits per heavy atom. The van der Waals surface area contributed by atoms with Crippen LogP contribution in [0.3, 0.4) is 0 Å². The van der Waals surface area contributed by atoms with Crippen LogP contribution in [0.2, 0.25) is 5.02 Å². The Morgan fingerprint density at radius 3 is 2.39 bits per heavy atom. The molecule has 1 atom stereocenters. The molecular weight excluding hydrogens is 341 g/mol. The molecule has 18 heavy (non-hydrogen) atoms. The van der Waals surface area contributed by atoms with Crippen LogP contribution in [-0.2, 0) is 0 Å². The number of hydrogen-bond donors (Lipinski definition) is 1. The fraction of sp³-hybridized carbons (Fsp3) is 0.400. The highest BCUT2D eigenvalue weighted by molar-refractivity contribution is 9.10. The molecule has 2 nitrogen and oxygen atoms in total. The molecule has 0 aliphatic heterocycles. The van der Waals surface area contributed by atoms with Crippen LogP contribution in [0.25, 0.3) is 0 Å². The van der Waals surface area contributed by atoms with Crippen molar-refractivity contribution in [3.63, 3.8) is 0 Å². The van der Waals surface area contributed by atoms with Crippen molar-refractivity contribution in [2.24, 2.45) is 0 Å². The van der Waals surface area contributed by atoms with Crippen molar-refractivity contribution in [1.29, 1.82) is 0 Å². The van der Waals surface area contributed by atoms with Crippen LogP contribution in [0.4, 0.5) is 23.2 Å². The molecule has 0 amide bonds. The summed E-state index contributed by atoms with van der Waals surface area (Å²) in [6, 6.07) is 1.34. The molecule has 1 unspecified atom stereocenters. The van der Waals surface area contributed by atoms with Crippen LogP contribution in [0.15, 0.2) is 16.6 Å². The molecule has 1 aromatic rings. The molecular formula is C10H9BrClF4NO. The number of benzene rings is 1. The lowest BCUT2D eigenvalue weighted by atomic mass is 10.2. The Labute approximate surface area is 114 Å². The van der Waals surface area contributed by atoms with Crippen LogP contribution < -0.4 is 10.1 Å². The SMILES string of the molecule is CC(Nc1cc(Cl)cc(Br)c1OC(F)F)C(F)F. The van der Waals surface area contributed by atoms with Gasteiger partial charge in [-0.3, -0.25) is 0 Å². The van der Waals surface area contributed by atoms with Gasteiger partial charge < -0.3 is 10.1 Å². The summed E-state index contributed by atoms with van der Waals surface area (Å²) in [7, 11) is 0. The van der Waals surface area contributed by atoms with E-state index in [1.165, 1.54) is 19.1 Å². The van der Waals surface area contributed by atoms with Gasteiger partial charge in [-0.05, 0) is 35.0 Å². The maximum Gasteiger partial charge on any atom is 0.387 e. The Balaban J connectivity index is 3.07. The third kappa shape index (κ3) is 4.20. The summed E-state index contributed by atoms with van der Waals surface area (Å²) in [5.74, 6) is -0.262. The van der Waals surface area contributed by atoms with E-state index in [9.17, 15) is 17.6 Å². The first-order valence-corrected chi connectivity index (χ1v) is 5.97. The van der Waals surface area contributed by atoms with Gasteiger partial charge in [0.25, 0.3) is 6.43 Å². The van der Waals surface area contributed by atoms with E-state index in [0.717, 1.165) is 0 Å². The van der Waals surface area contributed by atoms with Gasteiger partial charge in [0, 0.05) is 5.02 Å². The average Bonchev–Trinajstić information content (AvgIpc) is 2.22. The molecule has 0 radical (unpaired) electrons. The number of hydrogen-bond acceptors (Lipinski definition) is 2. The van der Waals surface area contributed by atoms with E-state index < -0.39 is 19.1 Å². The van der Waals surface area contributed by atoms with Crippen molar-refractivity contribution in [3.05, 3.63) is 21.6 Å². The standard InChI is InChI=1S/C10H9BrClF4NO/c1-4(9(13)14)17-7-3-5(12)2-6(11)8(7)18-10(15)16/h2-4,9-10,17H,1H3. The summed E-state index contributed by atoms with van der Waals surface area (Å²) in [4.78, 5) is 0. The topological polar surface area (TPSA) is 21.3 Å². The minimum absolute atomic E-state index is 0.0255. The summed E-state index contributed by atoms with van der Waals surface area (Å²) in [6.07, 6.45) is -2.65. The van der Waals surface area contributed by atoms with Gasteiger partial charge in [-0.2, -0.15) is 8.78 Å². The Hall–Kier alpha value is -0.690. The average molecular weight is 351 g/mol. The molecule has 0 saturated heterocycles. The van der Waals surface area contributed by atoms with Crippen LogP contribution in [0, 0.1) is 0 Å². The number of anilines is 1. The summed E-state index contributed by atoms with van der Waals surface area (Å²) < 4.78 is 53.7. The summed E-state index contributed by atoms with van der Waals surface area (Å²) in [5.41, 5.74) is -0.0255. The van der Waals surface area contributed by atoms with Crippen molar-refractivity contribution < 1.29 is 22.3 Å². The van der Waals surface area contributed by atoms with E-state index in [1.807, 2.05) is 0 Å². The predicted molar refractivity (Wildman–Crippen MR) is 64.9 cm³/mol. The largest absolute Gasteiger partial charge is 0.431 e.